The zero-order chi connectivity index (χ0) is 6.62. The lowest BCUT2D eigenvalue weighted by atomic mass is 10.2. The van der Waals surface area contributed by atoms with Gasteiger partial charge in [-0.1, -0.05) is 34.1 Å². The Bertz CT molecular complexity index is 56.4. The van der Waals surface area contributed by atoms with Gasteiger partial charge in [0.15, 0.2) is 0 Å². The minimum Gasteiger partial charge on any atom is -0.147 e. The summed E-state index contributed by atoms with van der Waals surface area (Å²) in [7, 11) is 0. The molecule has 0 saturated heterocycles. The minimum atomic E-state index is 0. The molecule has 54 valence electrons. The first-order valence-corrected chi connectivity index (χ1v) is 5.27. The van der Waals surface area contributed by atoms with Crippen molar-refractivity contribution in [2.75, 3.05) is 0 Å². The summed E-state index contributed by atoms with van der Waals surface area (Å²) in [6.07, 6.45) is 1.39. The second-order valence-electron chi connectivity index (χ2n) is 3.66. The summed E-state index contributed by atoms with van der Waals surface area (Å²) < 4.78 is 2.21. The van der Waals surface area contributed by atoms with E-state index in [1.165, 1.54) is 11.0 Å². The van der Waals surface area contributed by atoms with Crippen molar-refractivity contribution in [3.05, 3.63) is 0 Å². The van der Waals surface area contributed by atoms with Crippen LogP contribution >= 0.6 is 12.4 Å². The lowest BCUT2D eigenvalue weighted by molar-refractivity contribution is 0.745. The fourth-order valence-corrected chi connectivity index (χ4v) is 2.12. The maximum Gasteiger partial charge on any atom is 0.372 e. The predicted molar refractivity (Wildman–Crippen MR) is 47.8 cm³/mol. The Labute approximate surface area is 74.9 Å². The molecule has 0 radical (unpaired) electrons. The number of hydrogen-bond donors (Lipinski definition) is 0. The summed E-state index contributed by atoms with van der Waals surface area (Å²) in [4.78, 5) is 0. The molecule has 0 nitrogen and oxygen atoms in total. The molecule has 0 bridgehead atoms. The first-order chi connectivity index (χ1) is 3.56. The highest BCUT2D eigenvalue weighted by Crippen LogP contribution is 2.21. The summed E-state index contributed by atoms with van der Waals surface area (Å²) in [6, 6.07) is 0. The highest BCUT2D eigenvalue weighted by Gasteiger charge is 2.11. The van der Waals surface area contributed by atoms with Crippen LogP contribution < -0.4 is 0 Å². The number of hydrogen-bond acceptors (Lipinski definition) is 0. The molecule has 0 unspecified atom stereocenters. The molecule has 0 aromatic heterocycles. The van der Waals surface area contributed by atoms with Crippen LogP contribution in [0.1, 0.15) is 34.1 Å². The second-order valence-corrected chi connectivity index (χ2v) is 6.99. The van der Waals surface area contributed by atoms with Crippen LogP contribution in [0.15, 0.2) is 0 Å². The molecule has 0 aliphatic carbocycles. The molecule has 0 saturated carbocycles. The van der Waals surface area contributed by atoms with E-state index in [2.05, 4.69) is 27.7 Å². The molecule has 0 N–H and O–H groups in total. The Morgan fingerprint density at radius 2 is 1.67 bits per heavy atom. The average Bonchev–Trinajstić information content (AvgIpc) is 1.59. The van der Waals surface area contributed by atoms with Gasteiger partial charge in [0, 0.05) is 0 Å². The molecule has 0 atom stereocenters. The average molecular weight is 161 g/mol. The van der Waals surface area contributed by atoms with Gasteiger partial charge in [-0.05, 0) is 0 Å². The minimum absolute atomic E-state index is 0. The van der Waals surface area contributed by atoms with Crippen molar-refractivity contribution in [2.24, 2.45) is 0 Å². The van der Waals surface area contributed by atoms with Crippen molar-refractivity contribution in [3.63, 3.8) is 0 Å². The summed E-state index contributed by atoms with van der Waals surface area (Å²) >= 11 is 0.250. The van der Waals surface area contributed by atoms with E-state index in [-0.39, 0.29) is 32.8 Å². The highest BCUT2D eigenvalue weighted by atomic mass is 35.5. The van der Waals surface area contributed by atoms with Gasteiger partial charge in [-0.25, -0.2) is 0 Å². The van der Waals surface area contributed by atoms with Gasteiger partial charge in [0.2, 0.25) is 0 Å². The Morgan fingerprint density at radius 1 is 1.22 bits per heavy atom. The Kier molecular flexibility index (Phi) is 8.21. The maximum absolute atomic E-state index is 2.36. The van der Waals surface area contributed by atoms with Crippen molar-refractivity contribution >= 4 is 32.8 Å². The Morgan fingerprint density at radius 3 is 1.78 bits per heavy atom. The fraction of sp³-hybridized carbons (Fsp3) is 1.00. The standard InChI is InChI=1S/C4H9.C3H7.ClH.Mg/c1-4(2)3;1-3-2;;/h1-3H3;1,3H2,2H3;1H;. The SMILES string of the molecule is CC[CH2][Mg][C](C)(C)C.Cl. The van der Waals surface area contributed by atoms with Crippen LogP contribution in [-0.4, -0.2) is 20.4 Å². The van der Waals surface area contributed by atoms with E-state index in [9.17, 15) is 0 Å². The number of rotatable bonds is 2. The second kappa shape index (κ2) is 5.81. The Hall–Kier alpha value is 1.06. The van der Waals surface area contributed by atoms with E-state index < -0.39 is 0 Å². The molecule has 2 heteroatoms. The van der Waals surface area contributed by atoms with Crippen LogP contribution in [0.5, 0.6) is 0 Å². The first-order valence-electron chi connectivity index (χ1n) is 3.56. The fourth-order valence-electron chi connectivity index (χ4n) is 0.707. The van der Waals surface area contributed by atoms with E-state index in [1.54, 1.807) is 0 Å². The highest BCUT2D eigenvalue weighted by molar-refractivity contribution is 6.39. The van der Waals surface area contributed by atoms with Crippen LogP contribution in [0.25, 0.3) is 0 Å². The number of halogens is 1. The van der Waals surface area contributed by atoms with Gasteiger partial charge in [-0.15, -0.1) is 20.5 Å². The van der Waals surface area contributed by atoms with Crippen LogP contribution in [0, 0.1) is 0 Å². The first kappa shape index (κ1) is 12.7. The third-order valence-corrected chi connectivity index (χ3v) is 3.84. The van der Waals surface area contributed by atoms with E-state index in [0.29, 0.717) is 3.54 Å². The molecular formula is C7H17ClMg. The normalized spacial score (nSPS) is 9.78. The molecular weight excluding hydrogens is 144 g/mol. The van der Waals surface area contributed by atoms with Crippen LogP contribution in [0.2, 0.25) is 8.09 Å². The van der Waals surface area contributed by atoms with Crippen molar-refractivity contribution in [1.82, 2.24) is 0 Å². The molecule has 0 aromatic rings. The smallest absolute Gasteiger partial charge is 0.147 e. The van der Waals surface area contributed by atoms with Crippen molar-refractivity contribution < 1.29 is 0 Å². The molecule has 0 rings (SSSR count). The molecule has 0 spiro atoms. The summed E-state index contributed by atoms with van der Waals surface area (Å²) in [5.41, 5.74) is 0. The summed E-state index contributed by atoms with van der Waals surface area (Å²) in [6.45, 7) is 9.34. The van der Waals surface area contributed by atoms with Crippen LogP contribution in [0.4, 0.5) is 0 Å². The topological polar surface area (TPSA) is 0 Å². The Balaban J connectivity index is 0. The van der Waals surface area contributed by atoms with Crippen molar-refractivity contribution in [2.45, 2.75) is 42.2 Å². The zero-order valence-corrected chi connectivity index (χ0v) is 9.26. The molecule has 0 amide bonds. The summed E-state index contributed by atoms with van der Waals surface area (Å²) in [5.74, 6) is 0. The van der Waals surface area contributed by atoms with Gasteiger partial charge < -0.3 is 0 Å². The molecule has 0 aliphatic rings. The van der Waals surface area contributed by atoms with Crippen molar-refractivity contribution in [3.8, 4) is 0 Å². The lowest BCUT2D eigenvalue weighted by Crippen LogP contribution is -2.06. The van der Waals surface area contributed by atoms with E-state index in [4.69, 9.17) is 0 Å². The van der Waals surface area contributed by atoms with Crippen LogP contribution in [-0.2, 0) is 0 Å². The van der Waals surface area contributed by atoms with Crippen LogP contribution in [0.3, 0.4) is 0 Å². The molecule has 0 aromatic carbocycles. The summed E-state index contributed by atoms with van der Waals surface area (Å²) in [5, 5.41) is 0. The third kappa shape index (κ3) is 12.3. The monoisotopic (exact) mass is 160 g/mol. The van der Waals surface area contributed by atoms with E-state index >= 15 is 0 Å². The molecule has 0 heterocycles. The molecule has 0 aliphatic heterocycles. The quantitative estimate of drug-likeness (QED) is 0.545. The van der Waals surface area contributed by atoms with E-state index in [1.807, 2.05) is 0 Å². The van der Waals surface area contributed by atoms with Gasteiger partial charge in [-0.3, -0.25) is 0 Å². The van der Waals surface area contributed by atoms with Gasteiger partial charge in [-0.2, -0.15) is 0 Å². The predicted octanol–water partition coefficient (Wildman–Crippen LogP) is 3.16. The van der Waals surface area contributed by atoms with Gasteiger partial charge in [0.05, 0.1) is 0 Å². The molecule has 0 fully saturated rings. The third-order valence-electron chi connectivity index (χ3n) is 1.28. The largest absolute Gasteiger partial charge is 0.372 e. The van der Waals surface area contributed by atoms with E-state index in [0.717, 1.165) is 0 Å². The lowest BCUT2D eigenvalue weighted by Gasteiger charge is -2.14. The zero-order valence-electron chi connectivity index (χ0n) is 7.03. The van der Waals surface area contributed by atoms with Gasteiger partial charge in [0.1, 0.15) is 0 Å². The van der Waals surface area contributed by atoms with Crippen molar-refractivity contribution in [1.29, 1.82) is 0 Å². The maximum atomic E-state index is 2.36. The van der Waals surface area contributed by atoms with Gasteiger partial charge >= 0.3 is 20.4 Å². The molecule has 9 heavy (non-hydrogen) atoms. The van der Waals surface area contributed by atoms with Gasteiger partial charge in [0.25, 0.3) is 0 Å².